The molecule has 1 heterocycles. The first-order chi connectivity index (χ1) is 9.65. The highest BCUT2D eigenvalue weighted by Crippen LogP contribution is 2.26. The molecule has 0 atom stereocenters. The number of anilines is 1. The minimum atomic E-state index is 0.727. The summed E-state index contributed by atoms with van der Waals surface area (Å²) in [5, 5.41) is 4.49. The van der Waals surface area contributed by atoms with Crippen LogP contribution >= 0.6 is 0 Å². The van der Waals surface area contributed by atoms with E-state index in [9.17, 15) is 0 Å². The second kappa shape index (κ2) is 4.81. The van der Waals surface area contributed by atoms with Crippen LogP contribution in [0.3, 0.4) is 0 Å². The Balaban J connectivity index is 2.12. The molecule has 20 heavy (non-hydrogen) atoms. The van der Waals surface area contributed by atoms with E-state index in [2.05, 4.69) is 10.1 Å². The summed E-state index contributed by atoms with van der Waals surface area (Å²) >= 11 is 0. The smallest absolute Gasteiger partial charge is 0.181 e. The Kier molecular flexibility index (Phi) is 2.99. The monoisotopic (exact) mass is 264 g/mol. The number of rotatable bonds is 2. The predicted octanol–water partition coefficient (Wildman–Crippen LogP) is 3.04. The van der Waals surface area contributed by atoms with E-state index in [1.54, 1.807) is 4.68 Å². The third kappa shape index (κ3) is 2.16. The van der Waals surface area contributed by atoms with E-state index in [0.29, 0.717) is 0 Å². The molecule has 0 spiro atoms. The average molecular weight is 264 g/mol. The largest absolute Gasteiger partial charge is 0.399 e. The Labute approximate surface area is 117 Å². The van der Waals surface area contributed by atoms with Gasteiger partial charge in [0.05, 0.1) is 0 Å². The van der Waals surface area contributed by atoms with E-state index in [1.165, 1.54) is 0 Å². The van der Waals surface area contributed by atoms with Gasteiger partial charge in [0.15, 0.2) is 11.6 Å². The van der Waals surface area contributed by atoms with Crippen molar-refractivity contribution in [2.45, 2.75) is 6.92 Å². The molecule has 4 heteroatoms. The second-order valence-corrected chi connectivity index (χ2v) is 4.82. The standard InChI is InChI=1S/C16H16N4/c1-11-8-9-13(17)10-14(11)16-18-15(19-20(16)2)12-6-4-3-5-7-12/h3-10H,17H2,1-2H3. The maximum absolute atomic E-state index is 5.88. The predicted molar refractivity (Wildman–Crippen MR) is 81.0 cm³/mol. The summed E-state index contributed by atoms with van der Waals surface area (Å²) in [6.07, 6.45) is 0. The Morgan fingerprint density at radius 2 is 1.80 bits per heavy atom. The van der Waals surface area contributed by atoms with Crippen molar-refractivity contribution in [2.24, 2.45) is 7.05 Å². The van der Waals surface area contributed by atoms with Gasteiger partial charge in [-0.05, 0) is 24.6 Å². The molecule has 3 rings (SSSR count). The van der Waals surface area contributed by atoms with Crippen LogP contribution in [-0.4, -0.2) is 14.8 Å². The van der Waals surface area contributed by atoms with E-state index >= 15 is 0 Å². The molecule has 0 unspecified atom stereocenters. The van der Waals surface area contributed by atoms with Gasteiger partial charge in [0, 0.05) is 23.9 Å². The topological polar surface area (TPSA) is 56.7 Å². The van der Waals surface area contributed by atoms with Crippen molar-refractivity contribution in [2.75, 3.05) is 5.73 Å². The molecular formula is C16H16N4. The lowest BCUT2D eigenvalue weighted by atomic mass is 10.1. The lowest BCUT2D eigenvalue weighted by molar-refractivity contribution is 0.777. The van der Waals surface area contributed by atoms with Gasteiger partial charge in [-0.2, -0.15) is 5.10 Å². The van der Waals surface area contributed by atoms with Gasteiger partial charge in [0.25, 0.3) is 0 Å². The van der Waals surface area contributed by atoms with Crippen LogP contribution < -0.4 is 5.73 Å². The van der Waals surface area contributed by atoms with Crippen molar-refractivity contribution in [3.05, 3.63) is 54.1 Å². The van der Waals surface area contributed by atoms with Gasteiger partial charge >= 0.3 is 0 Å². The molecule has 2 N–H and O–H groups in total. The SMILES string of the molecule is Cc1ccc(N)cc1-c1nc(-c2ccccc2)nn1C. The van der Waals surface area contributed by atoms with Crippen molar-refractivity contribution in [1.82, 2.24) is 14.8 Å². The quantitative estimate of drug-likeness (QED) is 0.724. The number of hydrogen-bond donors (Lipinski definition) is 1. The lowest BCUT2D eigenvalue weighted by Crippen LogP contribution is -1.97. The number of aromatic nitrogens is 3. The van der Waals surface area contributed by atoms with Crippen LogP contribution in [0.2, 0.25) is 0 Å². The van der Waals surface area contributed by atoms with Crippen LogP contribution in [-0.2, 0) is 7.05 Å². The molecule has 0 radical (unpaired) electrons. The zero-order chi connectivity index (χ0) is 14.1. The molecule has 0 amide bonds. The van der Waals surface area contributed by atoms with Crippen LogP contribution in [0.5, 0.6) is 0 Å². The fraction of sp³-hybridized carbons (Fsp3) is 0.125. The van der Waals surface area contributed by atoms with Gasteiger partial charge in [0.2, 0.25) is 0 Å². The molecule has 0 saturated carbocycles. The molecule has 0 aliphatic heterocycles. The minimum Gasteiger partial charge on any atom is -0.399 e. The number of nitrogens with two attached hydrogens (primary N) is 1. The Hall–Kier alpha value is -2.62. The van der Waals surface area contributed by atoms with Crippen molar-refractivity contribution in [1.29, 1.82) is 0 Å². The molecule has 100 valence electrons. The average Bonchev–Trinajstić information content (AvgIpc) is 2.84. The van der Waals surface area contributed by atoms with Crippen molar-refractivity contribution >= 4 is 5.69 Å². The number of nitrogens with zero attached hydrogens (tertiary/aromatic N) is 3. The van der Waals surface area contributed by atoms with Gasteiger partial charge < -0.3 is 5.73 Å². The lowest BCUT2D eigenvalue weighted by Gasteiger charge is -2.05. The Morgan fingerprint density at radius 1 is 1.05 bits per heavy atom. The van der Waals surface area contributed by atoms with Crippen molar-refractivity contribution < 1.29 is 0 Å². The molecule has 0 aliphatic carbocycles. The number of aryl methyl sites for hydroxylation is 2. The minimum absolute atomic E-state index is 0.727. The Bertz CT molecular complexity index is 744. The summed E-state index contributed by atoms with van der Waals surface area (Å²) in [6, 6.07) is 15.8. The molecular weight excluding hydrogens is 248 g/mol. The fourth-order valence-electron chi connectivity index (χ4n) is 2.21. The van der Waals surface area contributed by atoms with E-state index in [-0.39, 0.29) is 0 Å². The van der Waals surface area contributed by atoms with Gasteiger partial charge in [0.1, 0.15) is 0 Å². The number of hydrogen-bond acceptors (Lipinski definition) is 3. The van der Waals surface area contributed by atoms with Crippen LogP contribution in [0.25, 0.3) is 22.8 Å². The highest BCUT2D eigenvalue weighted by Gasteiger charge is 2.13. The molecule has 1 aromatic heterocycles. The second-order valence-electron chi connectivity index (χ2n) is 4.82. The molecule has 0 bridgehead atoms. The first kappa shape index (κ1) is 12.4. The maximum Gasteiger partial charge on any atom is 0.181 e. The highest BCUT2D eigenvalue weighted by atomic mass is 15.3. The maximum atomic E-state index is 5.88. The fourth-order valence-corrected chi connectivity index (χ4v) is 2.21. The van der Waals surface area contributed by atoms with Crippen LogP contribution in [0.4, 0.5) is 5.69 Å². The normalized spacial score (nSPS) is 10.7. The Morgan fingerprint density at radius 3 is 2.55 bits per heavy atom. The van der Waals surface area contributed by atoms with Crippen molar-refractivity contribution in [3.8, 4) is 22.8 Å². The molecule has 0 saturated heterocycles. The van der Waals surface area contributed by atoms with Gasteiger partial charge in [-0.3, -0.25) is 0 Å². The van der Waals surface area contributed by atoms with Gasteiger partial charge in [-0.15, -0.1) is 0 Å². The third-order valence-corrected chi connectivity index (χ3v) is 3.30. The molecule has 3 aromatic rings. The summed E-state index contributed by atoms with van der Waals surface area (Å²) < 4.78 is 1.80. The summed E-state index contributed by atoms with van der Waals surface area (Å²) in [7, 11) is 1.90. The molecule has 4 nitrogen and oxygen atoms in total. The summed E-state index contributed by atoms with van der Waals surface area (Å²) in [6.45, 7) is 2.05. The first-order valence-electron chi connectivity index (χ1n) is 6.48. The molecule has 0 fully saturated rings. The summed E-state index contributed by atoms with van der Waals surface area (Å²) in [5.41, 5.74) is 9.77. The van der Waals surface area contributed by atoms with Crippen LogP contribution in [0, 0.1) is 6.92 Å². The van der Waals surface area contributed by atoms with E-state index in [4.69, 9.17) is 5.73 Å². The zero-order valence-corrected chi connectivity index (χ0v) is 11.5. The summed E-state index contributed by atoms with van der Waals surface area (Å²) in [4.78, 5) is 4.65. The van der Waals surface area contributed by atoms with E-state index < -0.39 is 0 Å². The molecule has 2 aromatic carbocycles. The van der Waals surface area contributed by atoms with Crippen LogP contribution in [0.1, 0.15) is 5.56 Å². The zero-order valence-electron chi connectivity index (χ0n) is 11.5. The van der Waals surface area contributed by atoms with E-state index in [1.807, 2.05) is 62.5 Å². The summed E-state index contributed by atoms with van der Waals surface area (Å²) in [5.74, 6) is 1.55. The first-order valence-corrected chi connectivity index (χ1v) is 6.48. The van der Waals surface area contributed by atoms with Gasteiger partial charge in [-0.1, -0.05) is 36.4 Å². The van der Waals surface area contributed by atoms with Crippen LogP contribution in [0.15, 0.2) is 48.5 Å². The third-order valence-electron chi connectivity index (χ3n) is 3.30. The van der Waals surface area contributed by atoms with E-state index in [0.717, 1.165) is 34.0 Å². The number of nitrogen functional groups attached to an aromatic ring is 1. The van der Waals surface area contributed by atoms with Crippen molar-refractivity contribution in [3.63, 3.8) is 0 Å². The number of benzene rings is 2. The highest BCUT2D eigenvalue weighted by molar-refractivity contribution is 5.67. The van der Waals surface area contributed by atoms with Gasteiger partial charge in [-0.25, -0.2) is 9.67 Å². The molecule has 0 aliphatic rings.